The van der Waals surface area contributed by atoms with Crippen molar-refractivity contribution in [2.75, 3.05) is 6.54 Å². The van der Waals surface area contributed by atoms with Crippen LogP contribution in [0.5, 0.6) is 0 Å². The minimum atomic E-state index is -0.927. The number of halogens is 1. The maximum absolute atomic E-state index is 14.0. The van der Waals surface area contributed by atoms with Gasteiger partial charge in [0.15, 0.2) is 0 Å². The van der Waals surface area contributed by atoms with E-state index in [-0.39, 0.29) is 5.41 Å². The highest BCUT2D eigenvalue weighted by Crippen LogP contribution is 2.34. The Kier molecular flexibility index (Phi) is 4.14. The van der Waals surface area contributed by atoms with E-state index in [0.29, 0.717) is 12.1 Å². The lowest BCUT2D eigenvalue weighted by Crippen LogP contribution is -2.41. The van der Waals surface area contributed by atoms with E-state index < -0.39 is 6.17 Å². The Morgan fingerprint density at radius 2 is 2.12 bits per heavy atom. The first-order valence-corrected chi connectivity index (χ1v) is 5.91. The summed E-state index contributed by atoms with van der Waals surface area (Å²) in [5.74, 6) is 5.90. The first-order valence-electron chi connectivity index (χ1n) is 5.91. The number of allylic oxidation sites excluding steroid dienone is 4. The standard InChI is InChI=1S/C13H23FN2/c1-5-7-10(13(2,3)4)12-11(14)8-6-9-16(12)15/h5,7,11H,6,8-9,15H2,1-4H3/b7-5-,12-10+. The van der Waals surface area contributed by atoms with Gasteiger partial charge in [0.05, 0.1) is 5.70 Å². The van der Waals surface area contributed by atoms with Gasteiger partial charge in [-0.1, -0.05) is 32.9 Å². The molecule has 0 saturated carbocycles. The molecule has 1 rings (SSSR count). The van der Waals surface area contributed by atoms with Crippen LogP contribution < -0.4 is 5.84 Å². The highest BCUT2D eigenvalue weighted by atomic mass is 19.1. The van der Waals surface area contributed by atoms with Crippen molar-refractivity contribution in [2.45, 2.75) is 46.7 Å². The molecule has 0 radical (unpaired) electrons. The maximum atomic E-state index is 14.0. The summed E-state index contributed by atoms with van der Waals surface area (Å²) in [5, 5.41) is 1.58. The molecule has 0 spiro atoms. The smallest absolute Gasteiger partial charge is 0.141 e. The molecule has 1 heterocycles. The average molecular weight is 226 g/mol. The summed E-state index contributed by atoms with van der Waals surface area (Å²) in [6.07, 6.45) is 4.41. The first kappa shape index (κ1) is 13.2. The lowest BCUT2D eigenvalue weighted by atomic mass is 9.82. The van der Waals surface area contributed by atoms with Crippen molar-refractivity contribution in [3.8, 4) is 0 Å². The van der Waals surface area contributed by atoms with Crippen LogP contribution in [0.15, 0.2) is 23.4 Å². The number of nitrogens with zero attached hydrogens (tertiary/aromatic N) is 1. The van der Waals surface area contributed by atoms with E-state index in [4.69, 9.17) is 5.84 Å². The average Bonchev–Trinajstić information content (AvgIpc) is 2.14. The number of rotatable bonds is 1. The third-order valence-electron chi connectivity index (χ3n) is 2.88. The van der Waals surface area contributed by atoms with Crippen molar-refractivity contribution in [3.63, 3.8) is 0 Å². The van der Waals surface area contributed by atoms with Crippen LogP contribution in [0.4, 0.5) is 4.39 Å². The summed E-state index contributed by atoms with van der Waals surface area (Å²) in [7, 11) is 0. The van der Waals surface area contributed by atoms with E-state index in [1.54, 1.807) is 5.01 Å². The van der Waals surface area contributed by atoms with Gasteiger partial charge in [-0.3, -0.25) is 0 Å². The van der Waals surface area contributed by atoms with E-state index in [9.17, 15) is 4.39 Å². The summed E-state index contributed by atoms with van der Waals surface area (Å²) < 4.78 is 14.0. The van der Waals surface area contributed by atoms with Gasteiger partial charge in [-0.15, -0.1) is 0 Å². The molecule has 2 nitrogen and oxygen atoms in total. The fourth-order valence-electron chi connectivity index (χ4n) is 2.09. The molecule has 0 aliphatic carbocycles. The number of alkyl halides is 1. The van der Waals surface area contributed by atoms with Crippen LogP contribution in [0.2, 0.25) is 0 Å². The second-order valence-electron chi connectivity index (χ2n) is 5.35. The van der Waals surface area contributed by atoms with Gasteiger partial charge in [-0.05, 0) is 30.8 Å². The SMILES string of the molecule is C/C=C\C(=C1\C(F)CCCN1N)C(C)(C)C. The monoisotopic (exact) mass is 226 g/mol. The van der Waals surface area contributed by atoms with Crippen LogP contribution in [0.25, 0.3) is 0 Å². The molecule has 1 aliphatic rings. The van der Waals surface area contributed by atoms with Crippen LogP contribution >= 0.6 is 0 Å². The third-order valence-corrected chi connectivity index (χ3v) is 2.88. The van der Waals surface area contributed by atoms with E-state index in [1.165, 1.54) is 0 Å². The van der Waals surface area contributed by atoms with Gasteiger partial charge in [0, 0.05) is 6.54 Å². The number of piperidine rings is 1. The predicted octanol–water partition coefficient (Wildman–Crippen LogP) is 3.17. The normalized spacial score (nSPS) is 26.4. The molecule has 2 N–H and O–H groups in total. The van der Waals surface area contributed by atoms with E-state index in [2.05, 4.69) is 20.8 Å². The largest absolute Gasteiger partial charge is 0.312 e. The molecule has 16 heavy (non-hydrogen) atoms. The van der Waals surface area contributed by atoms with Crippen molar-refractivity contribution in [2.24, 2.45) is 11.3 Å². The summed E-state index contributed by atoms with van der Waals surface area (Å²) in [6, 6.07) is 0. The number of hydrogen-bond acceptors (Lipinski definition) is 2. The molecule has 1 unspecified atom stereocenters. The topological polar surface area (TPSA) is 29.3 Å². The van der Waals surface area contributed by atoms with E-state index in [0.717, 1.165) is 18.5 Å². The summed E-state index contributed by atoms with van der Waals surface area (Å²) in [5.41, 5.74) is 1.59. The first-order chi connectivity index (χ1) is 7.38. The summed E-state index contributed by atoms with van der Waals surface area (Å²) in [4.78, 5) is 0. The summed E-state index contributed by atoms with van der Waals surface area (Å²) in [6.45, 7) is 8.95. The van der Waals surface area contributed by atoms with Crippen LogP contribution in [-0.2, 0) is 0 Å². The zero-order chi connectivity index (χ0) is 12.3. The van der Waals surface area contributed by atoms with Gasteiger partial charge >= 0.3 is 0 Å². The Morgan fingerprint density at radius 3 is 2.56 bits per heavy atom. The molecule has 0 bridgehead atoms. The fraction of sp³-hybridized carbons (Fsp3) is 0.692. The molecule has 1 atom stereocenters. The molecule has 0 aromatic rings. The van der Waals surface area contributed by atoms with Gasteiger partial charge in [0.1, 0.15) is 6.17 Å². The van der Waals surface area contributed by atoms with Crippen molar-refractivity contribution >= 4 is 0 Å². The minimum absolute atomic E-state index is 0.0822. The van der Waals surface area contributed by atoms with Crippen LogP contribution in [0, 0.1) is 5.41 Å². The highest BCUT2D eigenvalue weighted by molar-refractivity contribution is 5.32. The second kappa shape index (κ2) is 5.00. The zero-order valence-electron chi connectivity index (χ0n) is 10.8. The molecule has 1 fully saturated rings. The van der Waals surface area contributed by atoms with Gasteiger partial charge < -0.3 is 5.01 Å². The minimum Gasteiger partial charge on any atom is -0.312 e. The molecule has 0 aromatic heterocycles. The van der Waals surface area contributed by atoms with Crippen LogP contribution in [0.3, 0.4) is 0 Å². The Bertz CT molecular complexity index is 288. The quantitative estimate of drug-likeness (QED) is 0.696. The third kappa shape index (κ3) is 2.85. The molecule has 3 heteroatoms. The molecule has 1 saturated heterocycles. The number of hydrazine groups is 1. The van der Waals surface area contributed by atoms with Crippen LogP contribution in [0.1, 0.15) is 40.5 Å². The van der Waals surface area contributed by atoms with Crippen molar-refractivity contribution < 1.29 is 4.39 Å². The molecular weight excluding hydrogens is 203 g/mol. The second-order valence-corrected chi connectivity index (χ2v) is 5.35. The van der Waals surface area contributed by atoms with Crippen LogP contribution in [-0.4, -0.2) is 17.7 Å². The molecule has 1 aliphatic heterocycles. The Balaban J connectivity index is 3.21. The lowest BCUT2D eigenvalue weighted by molar-refractivity contribution is 0.193. The lowest BCUT2D eigenvalue weighted by Gasteiger charge is -2.35. The molecule has 0 aromatic carbocycles. The molecule has 92 valence electrons. The van der Waals surface area contributed by atoms with E-state index >= 15 is 0 Å². The van der Waals surface area contributed by atoms with E-state index in [1.807, 2.05) is 19.1 Å². The van der Waals surface area contributed by atoms with Crippen molar-refractivity contribution in [1.82, 2.24) is 5.01 Å². The number of hydrogen-bond donors (Lipinski definition) is 1. The number of nitrogens with two attached hydrogens (primary N) is 1. The Labute approximate surface area is 98.0 Å². The molecular formula is C13H23FN2. The predicted molar refractivity (Wildman–Crippen MR) is 66.3 cm³/mol. The Hall–Kier alpha value is -0.830. The fourth-order valence-corrected chi connectivity index (χ4v) is 2.09. The summed E-state index contributed by atoms with van der Waals surface area (Å²) >= 11 is 0. The van der Waals surface area contributed by atoms with Crippen molar-refractivity contribution in [3.05, 3.63) is 23.4 Å². The maximum Gasteiger partial charge on any atom is 0.141 e. The Morgan fingerprint density at radius 1 is 1.50 bits per heavy atom. The zero-order valence-corrected chi connectivity index (χ0v) is 10.8. The van der Waals surface area contributed by atoms with Gasteiger partial charge in [0.2, 0.25) is 0 Å². The molecule has 0 amide bonds. The highest BCUT2D eigenvalue weighted by Gasteiger charge is 2.29. The van der Waals surface area contributed by atoms with Gasteiger partial charge in [-0.2, -0.15) is 0 Å². The van der Waals surface area contributed by atoms with Gasteiger partial charge in [-0.25, -0.2) is 10.2 Å². The van der Waals surface area contributed by atoms with Gasteiger partial charge in [0.25, 0.3) is 0 Å². The van der Waals surface area contributed by atoms with Crippen molar-refractivity contribution in [1.29, 1.82) is 0 Å².